The van der Waals surface area contributed by atoms with Crippen LogP contribution in [0.5, 0.6) is 0 Å². The first-order valence-electron chi connectivity index (χ1n) is 10.2. The molecule has 0 radical (unpaired) electrons. The Hall–Kier alpha value is -2.03. The van der Waals surface area contributed by atoms with Crippen molar-refractivity contribution in [1.29, 1.82) is 0 Å². The molecule has 4 heterocycles. The lowest BCUT2D eigenvalue weighted by Crippen LogP contribution is -2.47. The van der Waals surface area contributed by atoms with Crippen molar-refractivity contribution >= 4 is 11.3 Å². The molecule has 3 aromatic rings. The Bertz CT molecular complexity index is 847. The van der Waals surface area contributed by atoms with Gasteiger partial charge in [-0.3, -0.25) is 9.80 Å². The van der Waals surface area contributed by atoms with Gasteiger partial charge in [0.05, 0.1) is 18.8 Å². The molecule has 1 aliphatic carbocycles. The van der Waals surface area contributed by atoms with E-state index in [0.717, 1.165) is 44.3 Å². The van der Waals surface area contributed by atoms with E-state index in [-0.39, 0.29) is 6.04 Å². The van der Waals surface area contributed by atoms with E-state index in [9.17, 15) is 0 Å². The molecule has 7 nitrogen and oxygen atoms in total. The van der Waals surface area contributed by atoms with E-state index in [0.29, 0.717) is 6.04 Å². The van der Waals surface area contributed by atoms with Gasteiger partial charge in [-0.2, -0.15) is 0 Å². The van der Waals surface area contributed by atoms with Crippen molar-refractivity contribution in [3.63, 3.8) is 0 Å². The van der Waals surface area contributed by atoms with Crippen molar-refractivity contribution < 1.29 is 4.42 Å². The zero-order valence-corrected chi connectivity index (χ0v) is 16.8. The predicted octanol–water partition coefficient (Wildman–Crippen LogP) is 3.35. The Kier molecular flexibility index (Phi) is 5.24. The summed E-state index contributed by atoms with van der Waals surface area (Å²) < 4.78 is 7.64. The summed E-state index contributed by atoms with van der Waals surface area (Å²) in [6.45, 7) is 4.92. The van der Waals surface area contributed by atoms with Gasteiger partial charge < -0.3 is 4.42 Å². The van der Waals surface area contributed by atoms with E-state index >= 15 is 0 Å². The summed E-state index contributed by atoms with van der Waals surface area (Å²) >= 11 is 1.80. The van der Waals surface area contributed by atoms with Crippen LogP contribution >= 0.6 is 11.3 Å². The highest BCUT2D eigenvalue weighted by atomic mass is 32.1. The van der Waals surface area contributed by atoms with Gasteiger partial charge in [0, 0.05) is 31.1 Å². The zero-order valence-electron chi connectivity index (χ0n) is 16.0. The lowest BCUT2D eigenvalue weighted by atomic mass is 10.1. The third kappa shape index (κ3) is 3.64. The van der Waals surface area contributed by atoms with Crippen molar-refractivity contribution in [3.05, 3.63) is 52.4 Å². The zero-order chi connectivity index (χ0) is 18.8. The number of aromatic nitrogens is 4. The van der Waals surface area contributed by atoms with Crippen molar-refractivity contribution in [3.8, 4) is 0 Å². The van der Waals surface area contributed by atoms with Gasteiger partial charge in [-0.25, -0.2) is 4.68 Å². The summed E-state index contributed by atoms with van der Waals surface area (Å²) in [5.74, 6) is 2.04. The average Bonchev–Trinajstić information content (AvgIpc) is 3.51. The molecule has 0 unspecified atom stereocenters. The third-order valence-electron chi connectivity index (χ3n) is 5.98. The number of nitrogens with zero attached hydrogens (tertiary/aromatic N) is 6. The summed E-state index contributed by atoms with van der Waals surface area (Å²) in [5.41, 5.74) is 0. The van der Waals surface area contributed by atoms with E-state index < -0.39 is 0 Å². The summed E-state index contributed by atoms with van der Waals surface area (Å²) in [6, 6.07) is 8.95. The van der Waals surface area contributed by atoms with Crippen molar-refractivity contribution in [2.45, 2.75) is 44.3 Å². The number of hydrogen-bond donors (Lipinski definition) is 0. The molecular weight excluding hydrogens is 372 g/mol. The van der Waals surface area contributed by atoms with Crippen LogP contribution in [-0.4, -0.2) is 56.2 Å². The highest BCUT2D eigenvalue weighted by molar-refractivity contribution is 7.10. The highest BCUT2D eigenvalue weighted by Crippen LogP contribution is 2.35. The van der Waals surface area contributed by atoms with E-state index in [4.69, 9.17) is 4.42 Å². The molecule has 8 heteroatoms. The molecule has 0 spiro atoms. The molecule has 28 heavy (non-hydrogen) atoms. The minimum absolute atomic E-state index is 0.140. The SMILES string of the molecule is c1coc(CN2CCN([C@H](c3cccs3)c3nnnn3C3CCCC3)CC2)c1. The Morgan fingerprint density at radius 3 is 2.68 bits per heavy atom. The van der Waals surface area contributed by atoms with E-state index in [1.54, 1.807) is 17.6 Å². The van der Waals surface area contributed by atoms with Crippen LogP contribution in [0.25, 0.3) is 0 Å². The lowest BCUT2D eigenvalue weighted by molar-refractivity contribution is 0.0958. The summed E-state index contributed by atoms with van der Waals surface area (Å²) in [4.78, 5) is 6.33. The molecule has 5 rings (SSSR count). The Labute approximate surface area is 168 Å². The Balaban J connectivity index is 1.35. The van der Waals surface area contributed by atoms with Gasteiger partial charge in [0.15, 0.2) is 5.82 Å². The van der Waals surface area contributed by atoms with Crippen molar-refractivity contribution in [1.82, 2.24) is 30.0 Å². The fraction of sp³-hybridized carbons (Fsp3) is 0.550. The quantitative estimate of drug-likeness (QED) is 0.635. The molecule has 1 atom stereocenters. The van der Waals surface area contributed by atoms with Crippen LogP contribution in [0.15, 0.2) is 40.3 Å². The van der Waals surface area contributed by atoms with Crippen LogP contribution in [0.4, 0.5) is 0 Å². The van der Waals surface area contributed by atoms with Crippen LogP contribution < -0.4 is 0 Å². The van der Waals surface area contributed by atoms with Gasteiger partial charge in [0.25, 0.3) is 0 Å². The van der Waals surface area contributed by atoms with Gasteiger partial charge >= 0.3 is 0 Å². The number of thiophene rings is 1. The van der Waals surface area contributed by atoms with Gasteiger partial charge in [-0.15, -0.1) is 16.4 Å². The number of piperazine rings is 1. The second-order valence-corrected chi connectivity index (χ2v) is 8.71. The molecule has 0 bridgehead atoms. The summed E-state index contributed by atoms with van der Waals surface area (Å²) in [7, 11) is 0. The maximum Gasteiger partial charge on any atom is 0.174 e. The van der Waals surface area contributed by atoms with Crippen LogP contribution in [0.3, 0.4) is 0 Å². The second-order valence-electron chi connectivity index (χ2n) is 7.73. The van der Waals surface area contributed by atoms with Crippen molar-refractivity contribution in [2.24, 2.45) is 0 Å². The standard InChI is InChI=1S/C20H26N6OS/c1-2-6-16(5-1)26-20(21-22-23-26)19(18-8-4-14-28-18)25-11-9-24(10-12-25)15-17-7-3-13-27-17/h3-4,7-8,13-14,16,19H,1-2,5-6,9-12,15H2/t19-/m1/s1. The molecular formula is C20H26N6OS. The molecule has 0 aromatic carbocycles. The topological polar surface area (TPSA) is 63.2 Å². The second kappa shape index (κ2) is 8.14. The van der Waals surface area contributed by atoms with E-state index in [1.165, 1.54) is 30.6 Å². The van der Waals surface area contributed by atoms with Gasteiger partial charge in [0.1, 0.15) is 11.8 Å². The fourth-order valence-corrected chi connectivity index (χ4v) is 5.36. The molecule has 2 aliphatic rings. The predicted molar refractivity (Wildman–Crippen MR) is 107 cm³/mol. The van der Waals surface area contributed by atoms with E-state index in [1.807, 2.05) is 6.07 Å². The molecule has 1 saturated carbocycles. The maximum atomic E-state index is 5.52. The van der Waals surface area contributed by atoms with Crippen molar-refractivity contribution in [2.75, 3.05) is 26.2 Å². The Morgan fingerprint density at radius 1 is 1.11 bits per heavy atom. The molecule has 0 amide bonds. The number of hydrogen-bond acceptors (Lipinski definition) is 7. The van der Waals surface area contributed by atoms with Crippen LogP contribution in [-0.2, 0) is 6.54 Å². The summed E-state index contributed by atoms with van der Waals surface area (Å²) in [6.07, 6.45) is 6.68. The average molecular weight is 399 g/mol. The van der Waals surface area contributed by atoms with Gasteiger partial charge in [0.2, 0.25) is 0 Å². The molecule has 3 aromatic heterocycles. The van der Waals surface area contributed by atoms with E-state index in [2.05, 4.69) is 53.6 Å². The molecule has 2 fully saturated rings. The molecule has 148 valence electrons. The van der Waals surface area contributed by atoms with Crippen LogP contribution in [0.2, 0.25) is 0 Å². The number of furan rings is 1. The summed E-state index contributed by atoms with van der Waals surface area (Å²) in [5, 5.41) is 15.1. The Morgan fingerprint density at radius 2 is 1.96 bits per heavy atom. The molecule has 1 aliphatic heterocycles. The number of tetrazole rings is 1. The lowest BCUT2D eigenvalue weighted by Gasteiger charge is -2.38. The molecule has 0 N–H and O–H groups in total. The first-order valence-corrected chi connectivity index (χ1v) is 11.1. The third-order valence-corrected chi connectivity index (χ3v) is 6.90. The number of rotatable bonds is 6. The smallest absolute Gasteiger partial charge is 0.174 e. The monoisotopic (exact) mass is 398 g/mol. The normalized spacial score (nSPS) is 20.7. The largest absolute Gasteiger partial charge is 0.468 e. The minimum atomic E-state index is 0.140. The first kappa shape index (κ1) is 18.0. The van der Waals surface area contributed by atoms with Crippen LogP contribution in [0, 0.1) is 0 Å². The van der Waals surface area contributed by atoms with Gasteiger partial charge in [-0.05, 0) is 46.8 Å². The van der Waals surface area contributed by atoms with Gasteiger partial charge in [-0.1, -0.05) is 18.9 Å². The molecule has 1 saturated heterocycles. The van der Waals surface area contributed by atoms with Crippen LogP contribution in [0.1, 0.15) is 54.2 Å². The minimum Gasteiger partial charge on any atom is -0.468 e. The maximum absolute atomic E-state index is 5.52. The fourth-order valence-electron chi connectivity index (χ4n) is 4.51. The first-order chi connectivity index (χ1) is 13.9. The highest BCUT2D eigenvalue weighted by Gasteiger charge is 2.33.